The van der Waals surface area contributed by atoms with Crippen molar-refractivity contribution in [2.75, 3.05) is 10.6 Å². The summed E-state index contributed by atoms with van der Waals surface area (Å²) in [7, 11) is 0. The number of nitrogens with zero attached hydrogens (tertiary/aromatic N) is 2. The molecule has 0 spiro atoms. The first-order chi connectivity index (χ1) is 11.8. The van der Waals surface area contributed by atoms with Gasteiger partial charge in [0, 0.05) is 31.5 Å². The summed E-state index contributed by atoms with van der Waals surface area (Å²) in [6.45, 7) is 6.55. The van der Waals surface area contributed by atoms with Gasteiger partial charge < -0.3 is 20.5 Å². The highest BCUT2D eigenvalue weighted by Gasteiger charge is 2.10. The number of nitrogens with one attached hydrogen (secondary N) is 3. The summed E-state index contributed by atoms with van der Waals surface area (Å²) >= 11 is 0. The van der Waals surface area contributed by atoms with Crippen LogP contribution in [-0.4, -0.2) is 21.5 Å². The fourth-order valence-electron chi connectivity index (χ4n) is 2.29. The Labute approximate surface area is 145 Å². The van der Waals surface area contributed by atoms with Gasteiger partial charge in [0.1, 0.15) is 11.6 Å². The third-order valence-corrected chi connectivity index (χ3v) is 3.31. The normalized spacial score (nSPS) is 10.6. The van der Waals surface area contributed by atoms with Crippen LogP contribution in [0.2, 0.25) is 0 Å². The van der Waals surface area contributed by atoms with Crippen LogP contribution < -0.4 is 16.0 Å². The van der Waals surface area contributed by atoms with E-state index < -0.39 is 11.8 Å². The quantitative estimate of drug-likeness (QED) is 0.751. The lowest BCUT2D eigenvalue weighted by Gasteiger charge is -2.12. The molecule has 0 bridgehead atoms. The molecule has 25 heavy (non-hydrogen) atoms. The van der Waals surface area contributed by atoms with Crippen LogP contribution >= 0.6 is 0 Å². The number of rotatable bonds is 6. The van der Waals surface area contributed by atoms with E-state index in [0.717, 1.165) is 12.4 Å². The lowest BCUT2D eigenvalue weighted by Crippen LogP contribution is -2.30. The minimum absolute atomic E-state index is 0.0192. The first-order valence-corrected chi connectivity index (χ1v) is 7.97. The summed E-state index contributed by atoms with van der Waals surface area (Å²) < 4.78 is 15.8. The number of aromatic nitrogens is 2. The molecule has 0 unspecified atom stereocenters. The Morgan fingerprint density at radius 2 is 2.04 bits per heavy atom. The van der Waals surface area contributed by atoms with Crippen LogP contribution in [0.5, 0.6) is 0 Å². The summed E-state index contributed by atoms with van der Waals surface area (Å²) in [5, 5.41) is 7.62. The zero-order valence-electron chi connectivity index (χ0n) is 14.5. The average molecular weight is 347 g/mol. The molecular weight excluding hydrogens is 325 g/mol. The second-order valence-corrected chi connectivity index (χ2v) is 6.07. The highest BCUT2D eigenvalue weighted by molar-refractivity contribution is 5.92. The summed E-state index contributed by atoms with van der Waals surface area (Å²) in [5.74, 6) is 0.299. The van der Waals surface area contributed by atoms with Gasteiger partial charge in [-0.25, -0.2) is 14.2 Å². The van der Waals surface area contributed by atoms with Gasteiger partial charge in [0.2, 0.25) is 5.91 Å². The van der Waals surface area contributed by atoms with Crippen molar-refractivity contribution >= 4 is 23.3 Å². The third-order valence-electron chi connectivity index (χ3n) is 3.31. The maximum absolute atomic E-state index is 13.8. The molecule has 0 radical (unpaired) electrons. The molecule has 0 aliphatic carbocycles. The monoisotopic (exact) mass is 347 g/mol. The molecular formula is C17H22FN5O2. The van der Waals surface area contributed by atoms with E-state index in [-0.39, 0.29) is 18.1 Å². The van der Waals surface area contributed by atoms with Crippen LogP contribution in [0.3, 0.4) is 0 Å². The average Bonchev–Trinajstić information content (AvgIpc) is 2.94. The molecule has 1 heterocycles. The van der Waals surface area contributed by atoms with Crippen molar-refractivity contribution in [2.24, 2.45) is 5.92 Å². The highest BCUT2D eigenvalue weighted by Crippen LogP contribution is 2.19. The number of hydrogen-bond acceptors (Lipinski definition) is 3. The van der Waals surface area contributed by atoms with Crippen LogP contribution in [0.15, 0.2) is 30.6 Å². The molecule has 0 aliphatic heterocycles. The first-order valence-electron chi connectivity index (χ1n) is 7.97. The minimum atomic E-state index is -0.592. The minimum Gasteiger partial charge on any atom is -0.333 e. The third kappa shape index (κ3) is 5.59. The second-order valence-electron chi connectivity index (χ2n) is 6.07. The lowest BCUT2D eigenvalue weighted by molar-refractivity contribution is -0.114. The molecule has 3 amide bonds. The number of carbonyl (C=O) groups excluding carboxylic acids is 2. The molecule has 8 heteroatoms. The topological polar surface area (TPSA) is 88.1 Å². The van der Waals surface area contributed by atoms with E-state index in [1.54, 1.807) is 6.20 Å². The number of benzene rings is 1. The van der Waals surface area contributed by atoms with Gasteiger partial charge in [-0.15, -0.1) is 0 Å². The summed E-state index contributed by atoms with van der Waals surface area (Å²) in [6, 6.07) is 3.40. The molecule has 2 aromatic rings. The number of halogens is 1. The number of imidazole rings is 1. The van der Waals surface area contributed by atoms with Gasteiger partial charge in [0.25, 0.3) is 0 Å². The Hall–Kier alpha value is -2.90. The highest BCUT2D eigenvalue weighted by atomic mass is 19.1. The van der Waals surface area contributed by atoms with Gasteiger partial charge in [0.15, 0.2) is 0 Å². The van der Waals surface area contributed by atoms with E-state index in [9.17, 15) is 14.0 Å². The van der Waals surface area contributed by atoms with E-state index in [0.29, 0.717) is 11.6 Å². The van der Waals surface area contributed by atoms with Crippen LogP contribution in [0, 0.1) is 11.7 Å². The Morgan fingerprint density at radius 1 is 1.28 bits per heavy atom. The molecule has 7 nitrogen and oxygen atoms in total. The zero-order valence-corrected chi connectivity index (χ0v) is 14.5. The number of anilines is 2. The fourth-order valence-corrected chi connectivity index (χ4v) is 2.29. The molecule has 1 aromatic carbocycles. The zero-order chi connectivity index (χ0) is 18.4. The first kappa shape index (κ1) is 18.4. The fraction of sp³-hybridized carbons (Fsp3) is 0.353. The van der Waals surface area contributed by atoms with Crippen LogP contribution in [0.25, 0.3) is 0 Å². The summed E-state index contributed by atoms with van der Waals surface area (Å²) in [5.41, 5.74) is 0.381. The molecule has 1 aromatic heterocycles. The molecule has 0 saturated carbocycles. The van der Waals surface area contributed by atoms with E-state index in [1.807, 2.05) is 10.8 Å². The van der Waals surface area contributed by atoms with Crippen molar-refractivity contribution in [2.45, 2.75) is 33.9 Å². The van der Waals surface area contributed by atoms with E-state index in [1.165, 1.54) is 25.1 Å². The van der Waals surface area contributed by atoms with Crippen molar-refractivity contribution in [3.63, 3.8) is 0 Å². The Kier molecular flexibility index (Phi) is 6.10. The number of carbonyl (C=O) groups is 2. The predicted molar refractivity (Wildman–Crippen MR) is 93.6 cm³/mol. The van der Waals surface area contributed by atoms with Crippen molar-refractivity contribution < 1.29 is 14.0 Å². The number of urea groups is 1. The van der Waals surface area contributed by atoms with Crippen molar-refractivity contribution in [3.05, 3.63) is 42.2 Å². The van der Waals surface area contributed by atoms with Crippen molar-refractivity contribution in [1.29, 1.82) is 0 Å². The smallest absolute Gasteiger partial charge is 0.319 e. The van der Waals surface area contributed by atoms with Crippen molar-refractivity contribution in [3.8, 4) is 0 Å². The number of amides is 3. The molecule has 2 rings (SSSR count). The summed E-state index contributed by atoms with van der Waals surface area (Å²) in [4.78, 5) is 27.3. The van der Waals surface area contributed by atoms with Gasteiger partial charge in [-0.1, -0.05) is 13.8 Å². The Bertz CT molecular complexity index is 757. The van der Waals surface area contributed by atoms with Crippen LogP contribution in [0.4, 0.5) is 20.6 Å². The van der Waals surface area contributed by atoms with Gasteiger partial charge >= 0.3 is 6.03 Å². The standard InChI is InChI=1S/C17H22FN5O2/c1-11(2)10-23-7-6-19-16(23)9-20-17(25)22-15-8-13(21-12(3)24)4-5-14(15)18/h4-8,11H,9-10H2,1-3H3,(H,21,24)(H2,20,22,25). The molecule has 0 atom stereocenters. The lowest BCUT2D eigenvalue weighted by atomic mass is 10.2. The molecule has 134 valence electrons. The predicted octanol–water partition coefficient (Wildman–Crippen LogP) is 2.96. The Morgan fingerprint density at radius 3 is 2.72 bits per heavy atom. The van der Waals surface area contributed by atoms with Gasteiger partial charge in [-0.3, -0.25) is 4.79 Å². The maximum Gasteiger partial charge on any atom is 0.319 e. The summed E-state index contributed by atoms with van der Waals surface area (Å²) in [6.07, 6.45) is 3.53. The van der Waals surface area contributed by atoms with Gasteiger partial charge in [-0.2, -0.15) is 0 Å². The van der Waals surface area contributed by atoms with Gasteiger partial charge in [-0.05, 0) is 24.1 Å². The maximum atomic E-state index is 13.8. The molecule has 3 N–H and O–H groups in total. The van der Waals surface area contributed by atoms with E-state index in [4.69, 9.17) is 0 Å². The van der Waals surface area contributed by atoms with E-state index >= 15 is 0 Å². The van der Waals surface area contributed by atoms with Crippen LogP contribution in [0.1, 0.15) is 26.6 Å². The van der Waals surface area contributed by atoms with E-state index in [2.05, 4.69) is 34.8 Å². The largest absolute Gasteiger partial charge is 0.333 e. The molecule has 0 saturated heterocycles. The van der Waals surface area contributed by atoms with Crippen molar-refractivity contribution in [1.82, 2.24) is 14.9 Å². The van der Waals surface area contributed by atoms with Gasteiger partial charge in [0.05, 0.1) is 12.2 Å². The second kappa shape index (κ2) is 8.27. The Balaban J connectivity index is 1.96. The van der Waals surface area contributed by atoms with Crippen LogP contribution in [-0.2, 0) is 17.9 Å². The molecule has 0 aliphatic rings. The SMILES string of the molecule is CC(=O)Nc1ccc(F)c(NC(=O)NCc2nccn2CC(C)C)c1. The number of hydrogen-bond donors (Lipinski definition) is 3. The molecule has 0 fully saturated rings.